The normalized spacial score (nSPS) is 26.5. The fourth-order valence-corrected chi connectivity index (χ4v) is 2.17. The highest BCUT2D eigenvalue weighted by Crippen LogP contribution is 2.32. The minimum Gasteiger partial charge on any atom is -0.394 e. The minimum absolute atomic E-state index is 0.186. The Hall–Kier alpha value is -1.93. The van der Waals surface area contributed by atoms with Crippen LogP contribution in [0.1, 0.15) is 18.2 Å². The number of carbonyl (C=O) groups excluding carboxylic acids is 1. The summed E-state index contributed by atoms with van der Waals surface area (Å²) in [7, 11) is 0. The molecule has 4 N–H and O–H groups in total. The van der Waals surface area contributed by atoms with Crippen LogP contribution in [0, 0.1) is 12.8 Å². The molecule has 8 heteroatoms. The number of H-pyrrole nitrogens is 1. The molecule has 3 atom stereocenters. The Morgan fingerprint density at radius 1 is 1.63 bits per heavy atom. The molecule has 0 bridgehead atoms. The average Bonchev–Trinajstić information content (AvgIpc) is 2.77. The summed E-state index contributed by atoms with van der Waals surface area (Å²) in [6.45, 7) is 1.19. The predicted molar refractivity (Wildman–Crippen MR) is 64.4 cm³/mol. The van der Waals surface area contributed by atoms with Gasteiger partial charge in [0.15, 0.2) is 0 Å². The molecule has 0 aromatic carbocycles. The Morgan fingerprint density at radius 3 is 2.84 bits per heavy atom. The Morgan fingerprint density at radius 2 is 2.32 bits per heavy atom. The number of hydrogen-bond donors (Lipinski definition) is 3. The van der Waals surface area contributed by atoms with E-state index in [1.165, 1.54) is 10.8 Å². The van der Waals surface area contributed by atoms with Crippen molar-refractivity contribution >= 4 is 5.91 Å². The number of aliphatic hydroxyl groups excluding tert-OH is 1. The summed E-state index contributed by atoms with van der Waals surface area (Å²) in [5, 5.41) is 9.14. The third-order valence-corrected chi connectivity index (χ3v) is 3.24. The van der Waals surface area contributed by atoms with E-state index in [4.69, 9.17) is 15.6 Å². The van der Waals surface area contributed by atoms with Crippen molar-refractivity contribution in [2.24, 2.45) is 11.7 Å². The second-order valence-corrected chi connectivity index (χ2v) is 4.53. The van der Waals surface area contributed by atoms with Crippen LogP contribution in [0.15, 0.2) is 15.8 Å². The molecule has 0 aliphatic carbocycles. The molecule has 2 rings (SSSR count). The highest BCUT2D eigenvalue weighted by atomic mass is 16.5. The molecule has 0 radical (unpaired) electrons. The molecule has 0 spiro atoms. The molecule has 2 heterocycles. The van der Waals surface area contributed by atoms with E-state index in [2.05, 4.69) is 4.98 Å². The number of nitrogens with two attached hydrogens (primary N) is 1. The van der Waals surface area contributed by atoms with Crippen molar-refractivity contribution in [3.8, 4) is 0 Å². The van der Waals surface area contributed by atoms with Crippen molar-refractivity contribution in [3.05, 3.63) is 32.6 Å². The number of amides is 1. The topological polar surface area (TPSA) is 127 Å². The van der Waals surface area contributed by atoms with Crippen molar-refractivity contribution in [2.45, 2.75) is 25.7 Å². The van der Waals surface area contributed by atoms with Crippen LogP contribution in [0.3, 0.4) is 0 Å². The van der Waals surface area contributed by atoms with Crippen molar-refractivity contribution in [1.29, 1.82) is 0 Å². The van der Waals surface area contributed by atoms with Gasteiger partial charge in [-0.15, -0.1) is 0 Å². The summed E-state index contributed by atoms with van der Waals surface area (Å²) in [5.41, 5.74) is 4.48. The number of rotatable bonds is 3. The minimum atomic E-state index is -0.735. The van der Waals surface area contributed by atoms with E-state index in [1.54, 1.807) is 6.92 Å². The summed E-state index contributed by atoms with van der Waals surface area (Å²) in [4.78, 5) is 36.4. The molecular weight excluding hydrogens is 254 g/mol. The van der Waals surface area contributed by atoms with Crippen molar-refractivity contribution in [3.63, 3.8) is 0 Å². The van der Waals surface area contributed by atoms with Gasteiger partial charge in [-0.3, -0.25) is 19.1 Å². The maximum absolute atomic E-state index is 11.7. The summed E-state index contributed by atoms with van der Waals surface area (Å²) in [5.74, 6) is -1.25. The SMILES string of the molecule is Cc1cn([C@H]2CC(C(N)=O)[C@@H](CO)O2)c(=O)[nH]c1=O. The number of primary amides is 1. The third kappa shape index (κ3) is 2.45. The highest BCUT2D eigenvalue weighted by molar-refractivity contribution is 5.77. The largest absolute Gasteiger partial charge is 0.394 e. The zero-order chi connectivity index (χ0) is 14.2. The number of aryl methyl sites for hydroxylation is 1. The molecule has 1 aromatic heterocycles. The van der Waals surface area contributed by atoms with E-state index in [1.807, 2.05) is 0 Å². The van der Waals surface area contributed by atoms with Crippen LogP contribution in [0.4, 0.5) is 0 Å². The van der Waals surface area contributed by atoms with Gasteiger partial charge in [0.1, 0.15) is 6.23 Å². The molecule has 1 aliphatic rings. The first-order valence-corrected chi connectivity index (χ1v) is 5.81. The van der Waals surface area contributed by atoms with E-state index in [9.17, 15) is 14.4 Å². The van der Waals surface area contributed by atoms with Gasteiger partial charge in [0.25, 0.3) is 5.56 Å². The lowest BCUT2D eigenvalue weighted by molar-refractivity contribution is -0.124. The number of aliphatic hydroxyl groups is 1. The first kappa shape index (κ1) is 13.5. The summed E-state index contributed by atoms with van der Waals surface area (Å²) in [6.07, 6.45) is 0.0922. The maximum atomic E-state index is 11.7. The van der Waals surface area contributed by atoms with Gasteiger partial charge >= 0.3 is 5.69 Å². The fraction of sp³-hybridized carbons (Fsp3) is 0.545. The zero-order valence-corrected chi connectivity index (χ0v) is 10.3. The van der Waals surface area contributed by atoms with Gasteiger partial charge in [-0.1, -0.05) is 0 Å². The van der Waals surface area contributed by atoms with Gasteiger partial charge in [-0.05, 0) is 6.92 Å². The van der Waals surface area contributed by atoms with E-state index < -0.39 is 35.4 Å². The number of aromatic nitrogens is 2. The molecule has 19 heavy (non-hydrogen) atoms. The number of nitrogens with one attached hydrogen (secondary N) is 1. The second kappa shape index (κ2) is 4.98. The molecule has 1 aliphatic heterocycles. The first-order chi connectivity index (χ1) is 8.93. The van der Waals surface area contributed by atoms with Gasteiger partial charge < -0.3 is 15.6 Å². The van der Waals surface area contributed by atoms with Gasteiger partial charge in [0.2, 0.25) is 5.91 Å². The number of nitrogens with zero attached hydrogens (tertiary/aromatic N) is 1. The van der Waals surface area contributed by atoms with Crippen molar-refractivity contribution in [2.75, 3.05) is 6.61 Å². The molecular formula is C11H15N3O5. The summed E-state index contributed by atoms with van der Waals surface area (Å²) < 4.78 is 6.63. The monoisotopic (exact) mass is 269 g/mol. The summed E-state index contributed by atoms with van der Waals surface area (Å²) >= 11 is 0. The molecule has 1 unspecified atom stereocenters. The standard InChI is InChI=1S/C11H15N3O5/c1-5-3-14(11(18)13-10(5)17)8-2-6(9(12)16)7(4-15)19-8/h3,6-8,15H,2,4H2,1H3,(H2,12,16)(H,13,17,18)/t6?,7-,8-/m1/s1. The number of hydrogen-bond acceptors (Lipinski definition) is 5. The van der Waals surface area contributed by atoms with Crippen molar-refractivity contribution < 1.29 is 14.6 Å². The number of carbonyl (C=O) groups is 1. The molecule has 1 saturated heterocycles. The highest BCUT2D eigenvalue weighted by Gasteiger charge is 2.39. The van der Waals surface area contributed by atoms with E-state index in [0.29, 0.717) is 5.56 Å². The van der Waals surface area contributed by atoms with Crippen LogP contribution in [-0.4, -0.2) is 33.3 Å². The predicted octanol–water partition coefficient (Wildman–Crippen LogP) is -1.77. The van der Waals surface area contributed by atoms with Gasteiger partial charge in [0, 0.05) is 18.2 Å². The maximum Gasteiger partial charge on any atom is 0.330 e. The van der Waals surface area contributed by atoms with Crippen molar-refractivity contribution in [1.82, 2.24) is 9.55 Å². The van der Waals surface area contributed by atoms with Gasteiger partial charge in [-0.2, -0.15) is 0 Å². The lowest BCUT2D eigenvalue weighted by atomic mass is 10.0. The van der Waals surface area contributed by atoms with Crippen LogP contribution in [0.25, 0.3) is 0 Å². The van der Waals surface area contributed by atoms with Crippen LogP contribution in [0.2, 0.25) is 0 Å². The fourth-order valence-electron chi connectivity index (χ4n) is 2.17. The van der Waals surface area contributed by atoms with E-state index in [0.717, 1.165) is 0 Å². The number of ether oxygens (including phenoxy) is 1. The first-order valence-electron chi connectivity index (χ1n) is 5.81. The quantitative estimate of drug-likeness (QED) is 0.598. The molecule has 0 saturated carbocycles. The van der Waals surface area contributed by atoms with E-state index in [-0.39, 0.29) is 13.0 Å². The molecule has 8 nitrogen and oxygen atoms in total. The van der Waals surface area contributed by atoms with Crippen LogP contribution >= 0.6 is 0 Å². The molecule has 1 amide bonds. The number of aromatic amines is 1. The Labute approximate surface area is 107 Å². The molecule has 1 aromatic rings. The van der Waals surface area contributed by atoms with Crippen LogP contribution < -0.4 is 17.0 Å². The molecule has 104 valence electrons. The smallest absolute Gasteiger partial charge is 0.330 e. The van der Waals surface area contributed by atoms with Crippen LogP contribution in [-0.2, 0) is 9.53 Å². The average molecular weight is 269 g/mol. The third-order valence-electron chi connectivity index (χ3n) is 3.24. The lowest BCUT2D eigenvalue weighted by Gasteiger charge is -2.14. The lowest BCUT2D eigenvalue weighted by Crippen LogP contribution is -2.33. The molecule has 1 fully saturated rings. The summed E-state index contributed by atoms with van der Waals surface area (Å²) in [6, 6.07) is 0. The van der Waals surface area contributed by atoms with Gasteiger partial charge in [-0.25, -0.2) is 4.79 Å². The van der Waals surface area contributed by atoms with E-state index >= 15 is 0 Å². The van der Waals surface area contributed by atoms with Crippen LogP contribution in [0.5, 0.6) is 0 Å². The zero-order valence-electron chi connectivity index (χ0n) is 10.3. The Kier molecular flexibility index (Phi) is 3.54. The Bertz CT molecular complexity index is 605. The van der Waals surface area contributed by atoms with Gasteiger partial charge in [0.05, 0.1) is 18.6 Å². The second-order valence-electron chi connectivity index (χ2n) is 4.53. The Balaban J connectivity index is 2.35.